The third-order valence-electron chi connectivity index (χ3n) is 3.57. The lowest BCUT2D eigenvalue weighted by molar-refractivity contribution is -0.132. The van der Waals surface area contributed by atoms with Crippen molar-refractivity contribution in [2.75, 3.05) is 7.05 Å². The van der Waals surface area contributed by atoms with Gasteiger partial charge in [0, 0.05) is 14.1 Å². The maximum Gasteiger partial charge on any atom is 0.345 e. The average molecular weight is 310 g/mol. The van der Waals surface area contributed by atoms with E-state index in [1.165, 1.54) is 36.0 Å². The van der Waals surface area contributed by atoms with Gasteiger partial charge in [0.15, 0.2) is 11.6 Å². The maximum atomic E-state index is 13.3. The van der Waals surface area contributed by atoms with E-state index in [9.17, 15) is 18.4 Å². The molecule has 6 nitrogen and oxygen atoms in total. The van der Waals surface area contributed by atoms with Gasteiger partial charge in [-0.15, -0.1) is 0 Å². The summed E-state index contributed by atoms with van der Waals surface area (Å²) in [6, 6.07) is 3.02. The van der Waals surface area contributed by atoms with Crippen LogP contribution < -0.4 is 5.69 Å². The number of likely N-dealkylation sites (N-methyl/N-ethyl adjacent to an activating group) is 1. The van der Waals surface area contributed by atoms with Crippen LogP contribution in [0.25, 0.3) is 0 Å². The Balaban J connectivity index is 2.14. The SMILES string of the molecule is CC(c1ccc(F)c(F)c1)N(C)C(=O)Cn1ncn(C)c1=O. The van der Waals surface area contributed by atoms with E-state index in [0.29, 0.717) is 5.56 Å². The highest BCUT2D eigenvalue weighted by molar-refractivity contribution is 5.76. The van der Waals surface area contributed by atoms with Crippen LogP contribution in [0.4, 0.5) is 8.78 Å². The molecule has 1 unspecified atom stereocenters. The Hall–Kier alpha value is -2.51. The second-order valence-electron chi connectivity index (χ2n) is 5.04. The van der Waals surface area contributed by atoms with E-state index in [0.717, 1.165) is 16.8 Å². The number of halogens is 2. The number of carbonyl (C=O) groups is 1. The molecule has 22 heavy (non-hydrogen) atoms. The quantitative estimate of drug-likeness (QED) is 0.849. The van der Waals surface area contributed by atoms with Crippen molar-refractivity contribution in [1.29, 1.82) is 0 Å². The Morgan fingerprint density at radius 2 is 2.05 bits per heavy atom. The number of hydrogen-bond acceptors (Lipinski definition) is 3. The van der Waals surface area contributed by atoms with Gasteiger partial charge in [-0.05, 0) is 24.6 Å². The van der Waals surface area contributed by atoms with Gasteiger partial charge in [-0.25, -0.2) is 18.3 Å². The lowest BCUT2D eigenvalue weighted by atomic mass is 10.1. The predicted octanol–water partition coefficient (Wildman–Crippen LogP) is 1.08. The lowest BCUT2D eigenvalue weighted by Crippen LogP contribution is -2.36. The van der Waals surface area contributed by atoms with Crippen LogP contribution in [-0.2, 0) is 18.4 Å². The second-order valence-corrected chi connectivity index (χ2v) is 5.04. The normalized spacial score (nSPS) is 12.2. The molecule has 0 bridgehead atoms. The molecule has 1 atom stereocenters. The minimum Gasteiger partial charge on any atom is -0.337 e. The fraction of sp³-hybridized carbons (Fsp3) is 0.357. The van der Waals surface area contributed by atoms with Crippen molar-refractivity contribution in [3.8, 4) is 0 Å². The van der Waals surface area contributed by atoms with Crippen molar-refractivity contribution in [3.63, 3.8) is 0 Å². The Labute approximate surface area is 125 Å². The summed E-state index contributed by atoms with van der Waals surface area (Å²) in [4.78, 5) is 25.2. The smallest absolute Gasteiger partial charge is 0.337 e. The number of aryl methyl sites for hydroxylation is 1. The standard InChI is InChI=1S/C14H16F2N4O2/c1-9(10-4-5-11(15)12(16)6-10)19(3)13(21)7-20-14(22)18(2)8-17-20/h4-6,8-9H,7H2,1-3H3. The number of aromatic nitrogens is 3. The first-order valence-electron chi connectivity index (χ1n) is 6.60. The molecule has 1 amide bonds. The van der Waals surface area contributed by atoms with Gasteiger partial charge in [-0.1, -0.05) is 6.07 Å². The van der Waals surface area contributed by atoms with Crippen molar-refractivity contribution >= 4 is 5.91 Å². The van der Waals surface area contributed by atoms with Crippen LogP contribution in [-0.4, -0.2) is 32.2 Å². The number of carbonyl (C=O) groups excluding carboxylic acids is 1. The second kappa shape index (κ2) is 6.08. The zero-order valence-corrected chi connectivity index (χ0v) is 12.5. The summed E-state index contributed by atoms with van der Waals surface area (Å²) in [6.07, 6.45) is 1.31. The molecule has 0 saturated carbocycles. The average Bonchev–Trinajstić information content (AvgIpc) is 2.80. The van der Waals surface area contributed by atoms with Crippen LogP contribution >= 0.6 is 0 Å². The van der Waals surface area contributed by atoms with E-state index in [-0.39, 0.29) is 12.5 Å². The molecule has 2 aromatic rings. The van der Waals surface area contributed by atoms with Gasteiger partial charge in [-0.2, -0.15) is 5.10 Å². The third-order valence-corrected chi connectivity index (χ3v) is 3.57. The van der Waals surface area contributed by atoms with E-state index in [1.54, 1.807) is 6.92 Å². The molecule has 0 spiro atoms. The van der Waals surface area contributed by atoms with Crippen LogP contribution in [0.15, 0.2) is 29.3 Å². The molecule has 1 aromatic carbocycles. The van der Waals surface area contributed by atoms with Gasteiger partial charge in [0.25, 0.3) is 0 Å². The minimum absolute atomic E-state index is 0.218. The summed E-state index contributed by atoms with van der Waals surface area (Å²) in [5.41, 5.74) is 0.0605. The van der Waals surface area contributed by atoms with E-state index in [1.807, 2.05) is 0 Å². The molecular weight excluding hydrogens is 294 g/mol. The van der Waals surface area contributed by atoms with Gasteiger partial charge in [0.2, 0.25) is 5.91 Å². The molecule has 1 heterocycles. The van der Waals surface area contributed by atoms with Crippen LogP contribution in [0.3, 0.4) is 0 Å². The first kappa shape index (κ1) is 15.9. The largest absolute Gasteiger partial charge is 0.345 e. The van der Waals surface area contributed by atoms with E-state index in [4.69, 9.17) is 0 Å². The fourth-order valence-electron chi connectivity index (χ4n) is 1.98. The van der Waals surface area contributed by atoms with Crippen LogP contribution in [0.2, 0.25) is 0 Å². The zero-order valence-electron chi connectivity index (χ0n) is 12.5. The third kappa shape index (κ3) is 3.05. The molecular formula is C14H16F2N4O2. The highest BCUT2D eigenvalue weighted by atomic mass is 19.2. The topological polar surface area (TPSA) is 60.1 Å². The first-order valence-corrected chi connectivity index (χ1v) is 6.60. The minimum atomic E-state index is -0.967. The molecule has 0 radical (unpaired) electrons. The monoisotopic (exact) mass is 310 g/mol. The highest BCUT2D eigenvalue weighted by Crippen LogP contribution is 2.21. The number of rotatable bonds is 4. The lowest BCUT2D eigenvalue weighted by Gasteiger charge is -2.25. The predicted molar refractivity (Wildman–Crippen MR) is 75.0 cm³/mol. The zero-order chi connectivity index (χ0) is 16.4. The van der Waals surface area contributed by atoms with Gasteiger partial charge in [0.05, 0.1) is 6.04 Å². The summed E-state index contributed by atoms with van der Waals surface area (Å²) in [7, 11) is 3.06. The molecule has 1 aromatic heterocycles. The molecule has 0 saturated heterocycles. The number of amides is 1. The molecule has 0 N–H and O–H groups in total. The molecule has 118 valence electrons. The van der Waals surface area contributed by atoms with Crippen molar-refractivity contribution in [1.82, 2.24) is 19.2 Å². The summed E-state index contributed by atoms with van der Waals surface area (Å²) in [5, 5.41) is 3.81. The molecule has 0 aliphatic carbocycles. The van der Waals surface area contributed by atoms with Gasteiger partial charge in [-0.3, -0.25) is 9.36 Å². The first-order chi connectivity index (χ1) is 10.3. The van der Waals surface area contributed by atoms with Crippen molar-refractivity contribution < 1.29 is 13.6 Å². The Morgan fingerprint density at radius 1 is 1.36 bits per heavy atom. The van der Waals surface area contributed by atoms with Crippen LogP contribution in [0.5, 0.6) is 0 Å². The summed E-state index contributed by atoms with van der Waals surface area (Å²) in [5.74, 6) is -2.27. The molecule has 0 aliphatic rings. The highest BCUT2D eigenvalue weighted by Gasteiger charge is 2.20. The fourth-order valence-corrected chi connectivity index (χ4v) is 1.98. The van der Waals surface area contributed by atoms with Crippen molar-refractivity contribution in [2.45, 2.75) is 19.5 Å². The Bertz CT molecular complexity index is 754. The van der Waals surface area contributed by atoms with E-state index >= 15 is 0 Å². The van der Waals surface area contributed by atoms with Crippen LogP contribution in [0.1, 0.15) is 18.5 Å². The number of benzene rings is 1. The van der Waals surface area contributed by atoms with Crippen molar-refractivity contribution in [3.05, 3.63) is 52.2 Å². The molecule has 0 fully saturated rings. The van der Waals surface area contributed by atoms with Crippen molar-refractivity contribution in [2.24, 2.45) is 7.05 Å². The Morgan fingerprint density at radius 3 is 2.59 bits per heavy atom. The van der Waals surface area contributed by atoms with E-state index < -0.39 is 23.4 Å². The summed E-state index contributed by atoms with van der Waals surface area (Å²) < 4.78 is 28.5. The van der Waals surface area contributed by atoms with Gasteiger partial charge >= 0.3 is 5.69 Å². The molecule has 2 rings (SSSR count). The maximum absolute atomic E-state index is 13.3. The molecule has 0 aliphatic heterocycles. The molecule has 8 heteroatoms. The number of hydrogen-bond donors (Lipinski definition) is 0. The Kier molecular flexibility index (Phi) is 4.39. The van der Waals surface area contributed by atoms with Gasteiger partial charge in [0.1, 0.15) is 12.9 Å². The summed E-state index contributed by atoms with van der Waals surface area (Å²) in [6.45, 7) is 1.47. The summed E-state index contributed by atoms with van der Waals surface area (Å²) >= 11 is 0. The van der Waals surface area contributed by atoms with Crippen LogP contribution in [0, 0.1) is 11.6 Å². The number of nitrogens with zero attached hydrogens (tertiary/aromatic N) is 4. The van der Waals surface area contributed by atoms with Gasteiger partial charge < -0.3 is 4.90 Å². The van der Waals surface area contributed by atoms with E-state index in [2.05, 4.69) is 5.10 Å².